The molecule has 2 N–H and O–H groups in total. The third-order valence-electron chi connectivity index (χ3n) is 3.23. The number of anilines is 1. The van der Waals surface area contributed by atoms with Gasteiger partial charge in [-0.05, 0) is 36.8 Å². The van der Waals surface area contributed by atoms with Crippen LogP contribution >= 0.6 is 11.6 Å². The highest BCUT2D eigenvalue weighted by Gasteiger charge is 2.10. The molecule has 0 saturated carbocycles. The molecule has 120 valence electrons. The minimum Gasteiger partial charge on any atom is -0.352 e. The highest BCUT2D eigenvalue weighted by molar-refractivity contribution is 6.30. The van der Waals surface area contributed by atoms with Gasteiger partial charge in [0, 0.05) is 23.6 Å². The number of amides is 2. The summed E-state index contributed by atoms with van der Waals surface area (Å²) in [6.45, 7) is 1.99. The Morgan fingerprint density at radius 3 is 2.65 bits per heavy atom. The van der Waals surface area contributed by atoms with Crippen LogP contribution in [0.1, 0.15) is 22.3 Å². The quantitative estimate of drug-likeness (QED) is 0.878. The largest absolute Gasteiger partial charge is 0.352 e. The van der Waals surface area contributed by atoms with Gasteiger partial charge in [0.05, 0.1) is 5.69 Å². The van der Waals surface area contributed by atoms with E-state index < -0.39 is 11.7 Å². The summed E-state index contributed by atoms with van der Waals surface area (Å²) in [6.07, 6.45) is 0.0313. The minimum absolute atomic E-state index is 0.0210. The summed E-state index contributed by atoms with van der Waals surface area (Å²) in [4.78, 5) is 23.8. The molecule has 2 rings (SSSR count). The molecule has 0 fully saturated rings. The predicted octanol–water partition coefficient (Wildman–Crippen LogP) is 3.55. The van der Waals surface area contributed by atoms with E-state index in [2.05, 4.69) is 10.6 Å². The third-order valence-corrected chi connectivity index (χ3v) is 3.46. The summed E-state index contributed by atoms with van der Waals surface area (Å²) >= 11 is 5.75. The average molecular weight is 335 g/mol. The van der Waals surface area contributed by atoms with Crippen molar-refractivity contribution in [3.8, 4) is 0 Å². The Kier molecular flexibility index (Phi) is 5.71. The fraction of sp³-hybridized carbons (Fsp3) is 0.176. The van der Waals surface area contributed by atoms with Crippen molar-refractivity contribution in [1.29, 1.82) is 0 Å². The first-order valence-electron chi connectivity index (χ1n) is 7.06. The molecule has 0 aliphatic carbocycles. The molecule has 23 heavy (non-hydrogen) atoms. The molecule has 0 radical (unpaired) electrons. The van der Waals surface area contributed by atoms with Crippen LogP contribution in [0.2, 0.25) is 5.02 Å². The van der Waals surface area contributed by atoms with Gasteiger partial charge in [0.15, 0.2) is 0 Å². The maximum Gasteiger partial charge on any atom is 0.251 e. The van der Waals surface area contributed by atoms with Crippen LogP contribution in [0.3, 0.4) is 0 Å². The molecule has 0 unspecified atom stereocenters. The van der Waals surface area contributed by atoms with Gasteiger partial charge in [-0.3, -0.25) is 9.59 Å². The van der Waals surface area contributed by atoms with Crippen LogP contribution in [0.4, 0.5) is 10.1 Å². The van der Waals surface area contributed by atoms with Gasteiger partial charge >= 0.3 is 0 Å². The van der Waals surface area contributed by atoms with Crippen LogP contribution in [-0.2, 0) is 4.79 Å². The van der Waals surface area contributed by atoms with Crippen molar-refractivity contribution in [2.24, 2.45) is 0 Å². The molecule has 2 aromatic rings. The van der Waals surface area contributed by atoms with E-state index in [0.29, 0.717) is 10.6 Å². The summed E-state index contributed by atoms with van der Waals surface area (Å²) in [6, 6.07) is 11.1. The molecule has 0 atom stereocenters. The Bertz CT molecular complexity index is 734. The normalized spacial score (nSPS) is 10.2. The number of hydrogen-bond acceptors (Lipinski definition) is 2. The SMILES string of the molecule is Cc1ccccc1C(=O)NCCC(=O)Nc1cc(Cl)ccc1F. The van der Waals surface area contributed by atoms with Crippen LogP contribution in [-0.4, -0.2) is 18.4 Å². The third kappa shape index (κ3) is 4.79. The molecular formula is C17H16ClFN2O2. The Morgan fingerprint density at radius 1 is 1.17 bits per heavy atom. The van der Waals surface area contributed by atoms with E-state index in [1.807, 2.05) is 19.1 Å². The van der Waals surface area contributed by atoms with Crippen LogP contribution in [0.25, 0.3) is 0 Å². The van der Waals surface area contributed by atoms with Gasteiger partial charge in [-0.25, -0.2) is 4.39 Å². The minimum atomic E-state index is -0.563. The molecule has 0 aromatic heterocycles. The van der Waals surface area contributed by atoms with Crippen LogP contribution in [0.5, 0.6) is 0 Å². The first-order chi connectivity index (χ1) is 11.0. The number of hydrogen-bond donors (Lipinski definition) is 2. The highest BCUT2D eigenvalue weighted by Crippen LogP contribution is 2.19. The maximum atomic E-state index is 13.5. The molecule has 0 aliphatic heterocycles. The van der Waals surface area contributed by atoms with Crippen molar-refractivity contribution < 1.29 is 14.0 Å². The summed E-state index contributed by atoms with van der Waals surface area (Å²) in [5, 5.41) is 5.42. The first kappa shape index (κ1) is 17.0. The fourth-order valence-corrected chi connectivity index (χ4v) is 2.19. The van der Waals surface area contributed by atoms with Gasteiger partial charge in [0.25, 0.3) is 5.91 Å². The first-order valence-corrected chi connectivity index (χ1v) is 7.44. The summed E-state index contributed by atoms with van der Waals surface area (Å²) in [7, 11) is 0. The number of nitrogens with one attached hydrogen (secondary N) is 2. The molecule has 2 aromatic carbocycles. The summed E-state index contributed by atoms with van der Waals surface area (Å²) < 4.78 is 13.5. The number of aryl methyl sites for hydroxylation is 1. The van der Waals surface area contributed by atoms with E-state index in [1.54, 1.807) is 12.1 Å². The van der Waals surface area contributed by atoms with E-state index in [1.165, 1.54) is 18.2 Å². The summed E-state index contributed by atoms with van der Waals surface area (Å²) in [5.74, 6) is -1.22. The van der Waals surface area contributed by atoms with E-state index in [0.717, 1.165) is 5.56 Å². The number of benzene rings is 2. The van der Waals surface area contributed by atoms with Crippen molar-refractivity contribution >= 4 is 29.1 Å². The van der Waals surface area contributed by atoms with Gasteiger partial charge in [0.2, 0.25) is 5.91 Å². The van der Waals surface area contributed by atoms with Crippen molar-refractivity contribution in [2.75, 3.05) is 11.9 Å². The predicted molar refractivity (Wildman–Crippen MR) is 88.2 cm³/mol. The Balaban J connectivity index is 1.84. The topological polar surface area (TPSA) is 58.2 Å². The Labute approximate surface area is 138 Å². The molecule has 0 saturated heterocycles. The van der Waals surface area contributed by atoms with Crippen LogP contribution < -0.4 is 10.6 Å². The van der Waals surface area contributed by atoms with Gasteiger partial charge in [0.1, 0.15) is 5.82 Å². The van der Waals surface area contributed by atoms with Gasteiger partial charge < -0.3 is 10.6 Å². The second-order valence-electron chi connectivity index (χ2n) is 4.99. The van der Waals surface area contributed by atoms with Crippen LogP contribution in [0, 0.1) is 12.7 Å². The zero-order valence-corrected chi connectivity index (χ0v) is 13.3. The maximum absolute atomic E-state index is 13.5. The molecule has 0 bridgehead atoms. The van der Waals surface area contributed by atoms with Crippen molar-refractivity contribution in [3.63, 3.8) is 0 Å². The average Bonchev–Trinajstić information content (AvgIpc) is 2.51. The second-order valence-corrected chi connectivity index (χ2v) is 5.43. The lowest BCUT2D eigenvalue weighted by molar-refractivity contribution is -0.116. The van der Waals surface area contributed by atoms with E-state index in [-0.39, 0.29) is 24.6 Å². The fourth-order valence-electron chi connectivity index (χ4n) is 2.02. The zero-order chi connectivity index (χ0) is 16.8. The molecule has 2 amide bonds. The lowest BCUT2D eigenvalue weighted by atomic mass is 10.1. The standard InChI is InChI=1S/C17H16ClFN2O2/c1-11-4-2-3-5-13(11)17(23)20-9-8-16(22)21-15-10-12(18)6-7-14(15)19/h2-7,10H,8-9H2,1H3,(H,20,23)(H,21,22). The van der Waals surface area contributed by atoms with Crippen molar-refractivity contribution in [1.82, 2.24) is 5.32 Å². The zero-order valence-electron chi connectivity index (χ0n) is 12.5. The van der Waals surface area contributed by atoms with Gasteiger partial charge in [-0.2, -0.15) is 0 Å². The number of halogens is 2. The lowest BCUT2D eigenvalue weighted by Crippen LogP contribution is -2.28. The second kappa shape index (κ2) is 7.74. The molecule has 0 heterocycles. The Hall–Kier alpha value is -2.40. The number of carbonyl (C=O) groups excluding carboxylic acids is 2. The number of carbonyl (C=O) groups is 2. The van der Waals surface area contributed by atoms with E-state index in [9.17, 15) is 14.0 Å². The van der Waals surface area contributed by atoms with Gasteiger partial charge in [-0.15, -0.1) is 0 Å². The smallest absolute Gasteiger partial charge is 0.251 e. The molecule has 0 aliphatic rings. The highest BCUT2D eigenvalue weighted by atomic mass is 35.5. The molecular weight excluding hydrogens is 319 g/mol. The van der Waals surface area contributed by atoms with Crippen molar-refractivity contribution in [3.05, 3.63) is 64.4 Å². The Morgan fingerprint density at radius 2 is 1.91 bits per heavy atom. The van der Waals surface area contributed by atoms with E-state index >= 15 is 0 Å². The molecule has 0 spiro atoms. The lowest BCUT2D eigenvalue weighted by Gasteiger charge is -2.09. The molecule has 6 heteroatoms. The van der Waals surface area contributed by atoms with Gasteiger partial charge in [-0.1, -0.05) is 29.8 Å². The number of rotatable bonds is 5. The van der Waals surface area contributed by atoms with Crippen LogP contribution in [0.15, 0.2) is 42.5 Å². The molecule has 4 nitrogen and oxygen atoms in total. The van der Waals surface area contributed by atoms with Crippen molar-refractivity contribution in [2.45, 2.75) is 13.3 Å². The monoisotopic (exact) mass is 334 g/mol. The summed E-state index contributed by atoms with van der Waals surface area (Å²) in [5.41, 5.74) is 1.44. The van der Waals surface area contributed by atoms with E-state index in [4.69, 9.17) is 11.6 Å².